The number of aromatic nitrogens is 2. The van der Waals surface area contributed by atoms with Crippen molar-refractivity contribution in [1.82, 2.24) is 14.9 Å². The van der Waals surface area contributed by atoms with Gasteiger partial charge in [0.05, 0.1) is 31.0 Å². The minimum absolute atomic E-state index is 0.108. The Hall–Kier alpha value is -4.66. The molecule has 8 heteroatoms. The molecule has 5 aromatic rings. The largest absolute Gasteiger partial charge is 0.457 e. The summed E-state index contributed by atoms with van der Waals surface area (Å²) >= 11 is 6.01. The van der Waals surface area contributed by atoms with Gasteiger partial charge in [-0.25, -0.2) is 0 Å². The molecule has 2 aliphatic rings. The SMILES string of the molecule is Cc1ccc(Oc2ccc(N3C(=S)N[C@@H](c4ccccn4)[C@H]3c3cc(C)n(-c4ccc(N5CCOCC5)cc4)c3C)cc2)cc1. The quantitative estimate of drug-likeness (QED) is 0.189. The number of hydrogen-bond acceptors (Lipinski definition) is 5. The number of benzene rings is 3. The Kier molecular flexibility index (Phi) is 8.00. The fourth-order valence-electron chi connectivity index (χ4n) is 6.48. The standard InChI is InChI=1S/C37H37N5O2S/c1-25-7-15-31(16-8-25)44-32-17-13-30(14-18-32)42-36(35(39-37(42)45)34-6-4-5-19-38-34)33-24-26(2)41(27(33)3)29-11-9-28(10-12-29)40-20-22-43-23-21-40/h4-19,24,35-36H,20-23H2,1-3H3,(H,39,45)/t35-,36+/m0/s1. The van der Waals surface area contributed by atoms with Crippen LogP contribution in [0.25, 0.3) is 5.69 Å². The van der Waals surface area contributed by atoms with Gasteiger partial charge in [-0.1, -0.05) is 23.8 Å². The third kappa shape index (κ3) is 5.79. The molecule has 2 atom stereocenters. The number of hydrogen-bond donors (Lipinski definition) is 1. The number of thiocarbonyl (C=S) groups is 1. The molecule has 2 aliphatic heterocycles. The maximum absolute atomic E-state index is 6.12. The van der Waals surface area contributed by atoms with E-state index in [1.807, 2.05) is 42.6 Å². The fraction of sp³-hybridized carbons (Fsp3) is 0.243. The van der Waals surface area contributed by atoms with Gasteiger partial charge < -0.3 is 29.2 Å². The van der Waals surface area contributed by atoms with Crippen LogP contribution in [0.4, 0.5) is 11.4 Å². The van der Waals surface area contributed by atoms with Gasteiger partial charge in [0.25, 0.3) is 0 Å². The minimum atomic E-state index is -0.125. The van der Waals surface area contributed by atoms with E-state index in [9.17, 15) is 0 Å². The van der Waals surface area contributed by atoms with Crippen LogP contribution in [0.1, 0.15) is 40.3 Å². The Morgan fingerprint density at radius 2 is 1.44 bits per heavy atom. The van der Waals surface area contributed by atoms with E-state index in [-0.39, 0.29) is 12.1 Å². The molecule has 2 fully saturated rings. The number of rotatable bonds is 7. The van der Waals surface area contributed by atoms with Crippen molar-refractivity contribution in [3.05, 3.63) is 131 Å². The predicted molar refractivity (Wildman–Crippen MR) is 184 cm³/mol. The Morgan fingerprint density at radius 1 is 0.800 bits per heavy atom. The summed E-state index contributed by atoms with van der Waals surface area (Å²) in [4.78, 5) is 9.35. The normalized spacial score (nSPS) is 18.2. The molecule has 4 heterocycles. The van der Waals surface area contributed by atoms with Crippen LogP contribution in [0.15, 0.2) is 103 Å². The summed E-state index contributed by atoms with van der Waals surface area (Å²) in [5.41, 5.74) is 9.05. The van der Waals surface area contributed by atoms with E-state index in [1.165, 1.54) is 28.2 Å². The highest BCUT2D eigenvalue weighted by Gasteiger charge is 2.42. The van der Waals surface area contributed by atoms with Gasteiger partial charge in [-0.3, -0.25) is 4.98 Å². The molecule has 3 aromatic carbocycles. The van der Waals surface area contributed by atoms with Crippen LogP contribution in [0.2, 0.25) is 0 Å². The molecule has 0 unspecified atom stereocenters. The second kappa shape index (κ2) is 12.4. The fourth-order valence-corrected chi connectivity index (χ4v) is 6.83. The topological polar surface area (TPSA) is 54.8 Å². The van der Waals surface area contributed by atoms with E-state index < -0.39 is 0 Å². The van der Waals surface area contributed by atoms with Crippen molar-refractivity contribution in [2.45, 2.75) is 32.9 Å². The highest BCUT2D eigenvalue weighted by Crippen LogP contribution is 2.44. The molecular weight excluding hydrogens is 579 g/mol. The molecule has 7 rings (SSSR count). The molecule has 7 nitrogen and oxygen atoms in total. The summed E-state index contributed by atoms with van der Waals surface area (Å²) in [5, 5.41) is 4.27. The van der Waals surface area contributed by atoms with E-state index in [4.69, 9.17) is 26.7 Å². The van der Waals surface area contributed by atoms with Crippen molar-refractivity contribution >= 4 is 28.7 Å². The summed E-state index contributed by atoms with van der Waals surface area (Å²) in [6, 6.07) is 33.2. The van der Waals surface area contributed by atoms with Gasteiger partial charge in [-0.2, -0.15) is 0 Å². The minimum Gasteiger partial charge on any atom is -0.457 e. The number of nitrogens with one attached hydrogen (secondary N) is 1. The number of nitrogens with zero attached hydrogens (tertiary/aromatic N) is 4. The maximum Gasteiger partial charge on any atom is 0.174 e. The van der Waals surface area contributed by atoms with E-state index in [1.54, 1.807) is 0 Å². The van der Waals surface area contributed by atoms with E-state index >= 15 is 0 Å². The first kappa shape index (κ1) is 29.1. The average molecular weight is 616 g/mol. The van der Waals surface area contributed by atoms with Crippen LogP contribution in [0.5, 0.6) is 11.5 Å². The van der Waals surface area contributed by atoms with Crippen LogP contribution < -0.4 is 19.9 Å². The Morgan fingerprint density at radius 3 is 2.11 bits per heavy atom. The van der Waals surface area contributed by atoms with Gasteiger partial charge in [-0.05, 0) is 117 Å². The lowest BCUT2D eigenvalue weighted by molar-refractivity contribution is 0.122. The molecular formula is C37H37N5O2S. The molecule has 228 valence electrons. The molecule has 0 radical (unpaired) electrons. The monoisotopic (exact) mass is 615 g/mol. The molecule has 2 aromatic heterocycles. The highest BCUT2D eigenvalue weighted by molar-refractivity contribution is 7.80. The summed E-state index contributed by atoms with van der Waals surface area (Å²) in [6.45, 7) is 9.83. The smallest absolute Gasteiger partial charge is 0.174 e. The van der Waals surface area contributed by atoms with Crippen LogP contribution in [0, 0.1) is 20.8 Å². The van der Waals surface area contributed by atoms with Crippen molar-refractivity contribution in [1.29, 1.82) is 0 Å². The summed E-state index contributed by atoms with van der Waals surface area (Å²) in [6.07, 6.45) is 1.84. The molecule has 45 heavy (non-hydrogen) atoms. The van der Waals surface area contributed by atoms with Crippen LogP contribution >= 0.6 is 12.2 Å². The first-order chi connectivity index (χ1) is 22.0. The van der Waals surface area contributed by atoms with Gasteiger partial charge in [0, 0.05) is 47.7 Å². The van der Waals surface area contributed by atoms with Crippen molar-refractivity contribution in [2.24, 2.45) is 0 Å². The Bertz CT molecular complexity index is 1780. The summed E-state index contributed by atoms with van der Waals surface area (Å²) in [5.74, 6) is 1.59. The molecule has 0 aliphatic carbocycles. The first-order valence-corrected chi connectivity index (χ1v) is 15.8. The molecule has 0 amide bonds. The van der Waals surface area contributed by atoms with Crippen molar-refractivity contribution < 1.29 is 9.47 Å². The molecule has 0 spiro atoms. The summed E-state index contributed by atoms with van der Waals surface area (Å²) < 4.78 is 14.0. The van der Waals surface area contributed by atoms with Crippen molar-refractivity contribution in [2.75, 3.05) is 36.1 Å². The zero-order chi connectivity index (χ0) is 30.9. The number of ether oxygens (including phenoxy) is 2. The zero-order valence-corrected chi connectivity index (χ0v) is 26.6. The van der Waals surface area contributed by atoms with Gasteiger partial charge in [0.2, 0.25) is 0 Å². The lowest BCUT2D eigenvalue weighted by Gasteiger charge is -2.29. The molecule has 2 saturated heterocycles. The summed E-state index contributed by atoms with van der Waals surface area (Å²) in [7, 11) is 0. The van der Waals surface area contributed by atoms with Crippen LogP contribution in [0.3, 0.4) is 0 Å². The highest BCUT2D eigenvalue weighted by atomic mass is 32.1. The van der Waals surface area contributed by atoms with Crippen LogP contribution in [-0.2, 0) is 4.74 Å². The second-order valence-electron chi connectivity index (χ2n) is 11.7. The molecule has 1 N–H and O–H groups in total. The Balaban J connectivity index is 1.23. The van der Waals surface area contributed by atoms with Gasteiger partial charge >= 0.3 is 0 Å². The third-order valence-corrected chi connectivity index (χ3v) is 9.06. The molecule has 0 bridgehead atoms. The Labute approximate surface area is 270 Å². The predicted octanol–water partition coefficient (Wildman–Crippen LogP) is 7.60. The van der Waals surface area contributed by atoms with Gasteiger partial charge in [0.1, 0.15) is 11.5 Å². The van der Waals surface area contributed by atoms with E-state index in [0.717, 1.165) is 54.9 Å². The van der Waals surface area contributed by atoms with E-state index in [2.05, 4.69) is 101 Å². The van der Waals surface area contributed by atoms with Gasteiger partial charge in [-0.15, -0.1) is 0 Å². The third-order valence-electron chi connectivity index (χ3n) is 8.74. The second-order valence-corrected chi connectivity index (χ2v) is 12.1. The maximum atomic E-state index is 6.12. The number of anilines is 2. The zero-order valence-electron chi connectivity index (χ0n) is 25.8. The van der Waals surface area contributed by atoms with E-state index in [0.29, 0.717) is 5.11 Å². The number of morpholine rings is 1. The molecule has 0 saturated carbocycles. The van der Waals surface area contributed by atoms with Gasteiger partial charge in [0.15, 0.2) is 5.11 Å². The first-order valence-electron chi connectivity index (χ1n) is 15.4. The number of aryl methyl sites for hydroxylation is 2. The average Bonchev–Trinajstić information content (AvgIpc) is 3.57. The lowest BCUT2D eigenvalue weighted by Crippen LogP contribution is -2.36. The van der Waals surface area contributed by atoms with Crippen molar-refractivity contribution in [3.8, 4) is 17.2 Å². The lowest BCUT2D eigenvalue weighted by atomic mass is 9.96. The van der Waals surface area contributed by atoms with Crippen LogP contribution in [-0.4, -0.2) is 41.0 Å². The van der Waals surface area contributed by atoms with Crippen molar-refractivity contribution in [3.63, 3.8) is 0 Å². The number of pyridine rings is 1.